The van der Waals surface area contributed by atoms with Crippen molar-refractivity contribution in [1.82, 2.24) is 10.2 Å². The Kier molecular flexibility index (Phi) is 7.02. The van der Waals surface area contributed by atoms with Crippen molar-refractivity contribution in [3.63, 3.8) is 0 Å². The number of halogens is 2. The van der Waals surface area contributed by atoms with Gasteiger partial charge in [0.05, 0.1) is 15.9 Å². The van der Waals surface area contributed by atoms with Crippen LogP contribution in [0.15, 0.2) is 24.3 Å². The number of thioether (sulfide) groups is 1. The Labute approximate surface area is 156 Å². The van der Waals surface area contributed by atoms with Crippen molar-refractivity contribution in [1.29, 1.82) is 0 Å². The average Bonchev–Trinajstić information content (AvgIpc) is 3.05. The first-order valence-electron chi connectivity index (χ1n) is 7.74. The van der Waals surface area contributed by atoms with E-state index >= 15 is 0 Å². The molecular formula is C17H20Cl2N2O2S. The number of amides is 2. The van der Waals surface area contributed by atoms with Crippen LogP contribution >= 0.6 is 35.0 Å². The molecule has 130 valence electrons. The number of hydrogen-bond acceptors (Lipinski definition) is 3. The maximum Gasteiger partial charge on any atom is 0.247 e. The summed E-state index contributed by atoms with van der Waals surface area (Å²) in [6, 6.07) is 4.84. The van der Waals surface area contributed by atoms with E-state index in [2.05, 4.69) is 5.32 Å². The van der Waals surface area contributed by atoms with Crippen LogP contribution in [0.25, 0.3) is 6.08 Å². The molecule has 2 atom stereocenters. The topological polar surface area (TPSA) is 49.4 Å². The fourth-order valence-corrected chi connectivity index (χ4v) is 3.67. The smallest absolute Gasteiger partial charge is 0.247 e. The summed E-state index contributed by atoms with van der Waals surface area (Å²) < 4.78 is 0. The first kappa shape index (κ1) is 19.2. The molecule has 0 radical (unpaired) electrons. The molecule has 0 aromatic heterocycles. The van der Waals surface area contributed by atoms with Crippen LogP contribution in [0.5, 0.6) is 0 Å². The summed E-state index contributed by atoms with van der Waals surface area (Å²) in [5, 5.41) is 3.85. The molecule has 1 N–H and O–H groups in total. The van der Waals surface area contributed by atoms with Gasteiger partial charge < -0.3 is 10.2 Å². The number of hydrogen-bond donors (Lipinski definition) is 1. The Morgan fingerprint density at radius 1 is 1.42 bits per heavy atom. The maximum absolute atomic E-state index is 12.4. The summed E-state index contributed by atoms with van der Waals surface area (Å²) in [4.78, 5) is 26.3. The van der Waals surface area contributed by atoms with Crippen molar-refractivity contribution in [3.05, 3.63) is 39.9 Å². The number of rotatable bonds is 5. The highest BCUT2D eigenvalue weighted by molar-refractivity contribution is 7.99. The highest BCUT2D eigenvalue weighted by Gasteiger charge is 2.33. The average molecular weight is 387 g/mol. The summed E-state index contributed by atoms with van der Waals surface area (Å²) in [5.41, 5.74) is 0.783. The molecule has 1 fully saturated rings. The van der Waals surface area contributed by atoms with Crippen molar-refractivity contribution in [3.8, 4) is 0 Å². The number of carbonyl (C=O) groups is 2. The lowest BCUT2D eigenvalue weighted by molar-refractivity contribution is -0.135. The second-order valence-electron chi connectivity index (χ2n) is 5.65. The quantitative estimate of drug-likeness (QED) is 0.782. The molecule has 2 rings (SSSR count). The van der Waals surface area contributed by atoms with Crippen LogP contribution in [0.4, 0.5) is 0 Å². The van der Waals surface area contributed by atoms with E-state index in [0.29, 0.717) is 21.7 Å². The molecule has 0 saturated carbocycles. The van der Waals surface area contributed by atoms with Crippen LogP contribution < -0.4 is 5.32 Å². The highest BCUT2D eigenvalue weighted by Crippen LogP contribution is 2.24. The van der Waals surface area contributed by atoms with Gasteiger partial charge in [-0.1, -0.05) is 36.2 Å². The Morgan fingerprint density at radius 2 is 2.17 bits per heavy atom. The van der Waals surface area contributed by atoms with Crippen LogP contribution in [0.1, 0.15) is 25.8 Å². The zero-order chi connectivity index (χ0) is 17.7. The highest BCUT2D eigenvalue weighted by atomic mass is 35.5. The minimum atomic E-state index is -0.421. The van der Waals surface area contributed by atoms with Crippen molar-refractivity contribution < 1.29 is 9.59 Å². The number of carbonyl (C=O) groups excluding carboxylic acids is 2. The van der Waals surface area contributed by atoms with Gasteiger partial charge in [0.2, 0.25) is 11.8 Å². The summed E-state index contributed by atoms with van der Waals surface area (Å²) in [5.74, 6) is 0.860. The second-order valence-corrected chi connectivity index (χ2v) is 7.46. The summed E-state index contributed by atoms with van der Waals surface area (Å²) >= 11 is 13.4. The Hall–Kier alpha value is -1.17. The normalized spacial score (nSPS) is 18.8. The minimum Gasteiger partial charge on any atom is -0.352 e. The molecule has 1 aliphatic heterocycles. The predicted molar refractivity (Wildman–Crippen MR) is 101 cm³/mol. The van der Waals surface area contributed by atoms with Crippen LogP contribution in [0, 0.1) is 0 Å². The molecular weight excluding hydrogens is 367 g/mol. The summed E-state index contributed by atoms with van der Waals surface area (Å²) in [7, 11) is 0. The number of nitrogens with zero attached hydrogens (tertiary/aromatic N) is 1. The minimum absolute atomic E-state index is 0.0920. The van der Waals surface area contributed by atoms with Gasteiger partial charge in [-0.3, -0.25) is 9.59 Å². The van der Waals surface area contributed by atoms with Gasteiger partial charge in [0.25, 0.3) is 0 Å². The SMILES string of the molecule is CCC(C)NC(=O)C1CSCN1C(=O)C=Cc1ccc(Cl)c(Cl)c1. The second kappa shape index (κ2) is 8.79. The van der Waals surface area contributed by atoms with E-state index in [9.17, 15) is 9.59 Å². The Bertz CT molecular complexity index is 651. The van der Waals surface area contributed by atoms with Crippen LogP contribution in [0.3, 0.4) is 0 Å². The van der Waals surface area contributed by atoms with E-state index < -0.39 is 6.04 Å². The largest absolute Gasteiger partial charge is 0.352 e. The van der Waals surface area contributed by atoms with E-state index in [1.165, 1.54) is 6.08 Å². The first-order valence-corrected chi connectivity index (χ1v) is 9.65. The molecule has 1 heterocycles. The lowest BCUT2D eigenvalue weighted by Crippen LogP contribution is -2.48. The third-order valence-corrected chi connectivity index (χ3v) is 5.58. The summed E-state index contributed by atoms with van der Waals surface area (Å²) in [6.07, 6.45) is 4.00. The standard InChI is InChI=1S/C17H20Cl2N2O2S/c1-3-11(2)20-17(23)15-9-24-10-21(15)16(22)7-5-12-4-6-13(18)14(19)8-12/h4-8,11,15H,3,9-10H2,1-2H3,(H,20,23). The fourth-order valence-electron chi connectivity index (χ4n) is 2.20. The molecule has 24 heavy (non-hydrogen) atoms. The molecule has 0 spiro atoms. The van der Waals surface area contributed by atoms with Gasteiger partial charge in [0.15, 0.2) is 0 Å². The molecule has 1 saturated heterocycles. The molecule has 4 nitrogen and oxygen atoms in total. The van der Waals surface area contributed by atoms with Crippen molar-refractivity contribution in [2.24, 2.45) is 0 Å². The fraction of sp³-hybridized carbons (Fsp3) is 0.412. The number of benzene rings is 1. The molecule has 0 bridgehead atoms. The van der Waals surface area contributed by atoms with Gasteiger partial charge in [-0.05, 0) is 37.1 Å². The monoisotopic (exact) mass is 386 g/mol. The van der Waals surface area contributed by atoms with Crippen LogP contribution in [-0.2, 0) is 9.59 Å². The third-order valence-electron chi connectivity index (χ3n) is 3.83. The number of nitrogens with one attached hydrogen (secondary N) is 1. The molecule has 7 heteroatoms. The van der Waals surface area contributed by atoms with Gasteiger partial charge in [0.1, 0.15) is 6.04 Å². The van der Waals surface area contributed by atoms with Crippen molar-refractivity contribution in [2.45, 2.75) is 32.4 Å². The molecule has 1 aromatic rings. The van der Waals surface area contributed by atoms with E-state index in [0.717, 1.165) is 12.0 Å². The zero-order valence-electron chi connectivity index (χ0n) is 13.6. The van der Waals surface area contributed by atoms with E-state index in [4.69, 9.17) is 23.2 Å². The van der Waals surface area contributed by atoms with Gasteiger partial charge in [-0.25, -0.2) is 0 Å². The van der Waals surface area contributed by atoms with Gasteiger partial charge in [0, 0.05) is 17.9 Å². The zero-order valence-corrected chi connectivity index (χ0v) is 15.9. The third kappa shape index (κ3) is 4.91. The van der Waals surface area contributed by atoms with Crippen molar-refractivity contribution >= 4 is 52.9 Å². The van der Waals surface area contributed by atoms with Crippen LogP contribution in [-0.4, -0.2) is 40.4 Å². The van der Waals surface area contributed by atoms with Crippen LogP contribution in [0.2, 0.25) is 10.0 Å². The van der Waals surface area contributed by atoms with Gasteiger partial charge in [-0.2, -0.15) is 0 Å². The lowest BCUT2D eigenvalue weighted by atomic mass is 10.2. The van der Waals surface area contributed by atoms with E-state index in [-0.39, 0.29) is 17.9 Å². The molecule has 0 aliphatic carbocycles. The lowest BCUT2D eigenvalue weighted by Gasteiger charge is -2.23. The molecule has 2 amide bonds. The maximum atomic E-state index is 12.4. The van der Waals surface area contributed by atoms with E-state index in [1.54, 1.807) is 40.9 Å². The summed E-state index contributed by atoms with van der Waals surface area (Å²) in [6.45, 7) is 3.97. The first-order chi connectivity index (χ1) is 11.4. The van der Waals surface area contributed by atoms with Gasteiger partial charge in [-0.15, -0.1) is 11.8 Å². The molecule has 1 aliphatic rings. The molecule has 1 aromatic carbocycles. The Morgan fingerprint density at radius 3 is 2.83 bits per heavy atom. The van der Waals surface area contributed by atoms with E-state index in [1.807, 2.05) is 13.8 Å². The van der Waals surface area contributed by atoms with Crippen molar-refractivity contribution in [2.75, 3.05) is 11.6 Å². The van der Waals surface area contributed by atoms with Gasteiger partial charge >= 0.3 is 0 Å². The Balaban J connectivity index is 2.03. The predicted octanol–water partition coefficient (Wildman–Crippen LogP) is 3.82. The molecule has 2 unspecified atom stereocenters.